The zero-order chi connectivity index (χ0) is 6.27. The van der Waals surface area contributed by atoms with Crippen LogP contribution in [0.1, 0.15) is 17.7 Å². The molecule has 0 bridgehead atoms. The molecule has 0 amide bonds. The summed E-state index contributed by atoms with van der Waals surface area (Å²) >= 11 is 0. The minimum absolute atomic E-state index is 1.24. The normalized spacial score (nSPS) is 16.1. The second-order valence-corrected chi connectivity index (χ2v) is 2.81. The second-order valence-electron chi connectivity index (χ2n) is 2.81. The highest BCUT2D eigenvalue weighted by molar-refractivity contribution is 5.19. The van der Waals surface area contributed by atoms with Crippen LogP contribution in [0, 0.1) is 6.92 Å². The van der Waals surface area contributed by atoms with Gasteiger partial charge in [0, 0.05) is 18.4 Å². The van der Waals surface area contributed by atoms with Crippen molar-refractivity contribution in [2.24, 2.45) is 0 Å². The first-order valence-electron chi connectivity index (χ1n) is 3.52. The van der Waals surface area contributed by atoms with Crippen LogP contribution < -0.4 is 0 Å². The first kappa shape index (κ1) is 5.10. The van der Waals surface area contributed by atoms with Crippen molar-refractivity contribution in [2.45, 2.75) is 26.3 Å². The Balaban J connectivity index is 2.51. The van der Waals surface area contributed by atoms with Gasteiger partial charge in [0.25, 0.3) is 0 Å². The number of nitrogens with zero attached hydrogens (tertiary/aromatic N) is 1. The maximum atomic E-state index is 2.36. The first-order chi connectivity index (χ1) is 4.36. The third-order valence-electron chi connectivity index (χ3n) is 1.95. The van der Waals surface area contributed by atoms with Gasteiger partial charge in [-0.3, -0.25) is 0 Å². The molecule has 2 heterocycles. The molecule has 9 heavy (non-hydrogen) atoms. The zero-order valence-electron chi connectivity index (χ0n) is 5.72. The third kappa shape index (κ3) is 0.680. The third-order valence-corrected chi connectivity index (χ3v) is 1.95. The Hall–Kier alpha value is -0.720. The summed E-state index contributed by atoms with van der Waals surface area (Å²) in [7, 11) is 0. The smallest absolute Gasteiger partial charge is 0.0226 e. The predicted octanol–water partition coefficient (Wildman–Crippen LogP) is 1.74. The summed E-state index contributed by atoms with van der Waals surface area (Å²) in [4.78, 5) is 0. The van der Waals surface area contributed by atoms with E-state index >= 15 is 0 Å². The van der Waals surface area contributed by atoms with E-state index in [1.165, 1.54) is 30.6 Å². The Morgan fingerprint density at radius 1 is 1.56 bits per heavy atom. The molecular formula is C8H11N. The summed E-state index contributed by atoms with van der Waals surface area (Å²) in [5, 5.41) is 0. The van der Waals surface area contributed by atoms with Crippen LogP contribution in [-0.4, -0.2) is 4.57 Å². The fraction of sp³-hybridized carbons (Fsp3) is 0.500. The highest BCUT2D eigenvalue weighted by Gasteiger charge is 2.08. The van der Waals surface area contributed by atoms with Gasteiger partial charge in [0.1, 0.15) is 0 Å². The van der Waals surface area contributed by atoms with Gasteiger partial charge in [0.2, 0.25) is 0 Å². The fourth-order valence-electron chi connectivity index (χ4n) is 1.57. The molecule has 1 aliphatic rings. The van der Waals surface area contributed by atoms with E-state index in [-0.39, 0.29) is 0 Å². The van der Waals surface area contributed by atoms with Crippen LogP contribution in [0.15, 0.2) is 12.3 Å². The van der Waals surface area contributed by atoms with Gasteiger partial charge in [0.05, 0.1) is 0 Å². The van der Waals surface area contributed by atoms with Gasteiger partial charge in [-0.25, -0.2) is 0 Å². The van der Waals surface area contributed by atoms with Crippen LogP contribution >= 0.6 is 0 Å². The Kier molecular flexibility index (Phi) is 0.922. The van der Waals surface area contributed by atoms with Gasteiger partial charge < -0.3 is 4.57 Å². The first-order valence-corrected chi connectivity index (χ1v) is 3.52. The molecule has 0 radical (unpaired) electrons. The van der Waals surface area contributed by atoms with E-state index in [9.17, 15) is 0 Å². The molecule has 0 unspecified atom stereocenters. The van der Waals surface area contributed by atoms with Crippen LogP contribution in [0.5, 0.6) is 0 Å². The van der Waals surface area contributed by atoms with Gasteiger partial charge in [-0.2, -0.15) is 0 Å². The van der Waals surface area contributed by atoms with E-state index in [4.69, 9.17) is 0 Å². The lowest BCUT2D eigenvalue weighted by atomic mass is 10.2. The van der Waals surface area contributed by atoms with Crippen molar-refractivity contribution in [2.75, 3.05) is 0 Å². The summed E-state index contributed by atoms with van der Waals surface area (Å²) in [5.41, 5.74) is 2.93. The molecule has 0 N–H and O–H groups in total. The van der Waals surface area contributed by atoms with E-state index in [1.54, 1.807) is 0 Å². The predicted molar refractivity (Wildman–Crippen MR) is 37.5 cm³/mol. The quantitative estimate of drug-likeness (QED) is 0.492. The molecule has 1 nitrogen and oxygen atoms in total. The number of fused-ring (bicyclic) bond motifs is 1. The zero-order valence-corrected chi connectivity index (χ0v) is 5.72. The Morgan fingerprint density at radius 3 is 3.22 bits per heavy atom. The Labute approximate surface area is 55.3 Å². The molecule has 1 heteroatoms. The molecule has 0 aliphatic carbocycles. The molecule has 1 aromatic heterocycles. The van der Waals surface area contributed by atoms with Crippen LogP contribution in [0.2, 0.25) is 0 Å². The summed E-state index contributed by atoms with van der Waals surface area (Å²) < 4.78 is 2.36. The van der Waals surface area contributed by atoms with E-state index in [2.05, 4.69) is 23.8 Å². The van der Waals surface area contributed by atoms with E-state index in [1.807, 2.05) is 0 Å². The lowest BCUT2D eigenvalue weighted by Gasteiger charge is -1.90. The standard InChI is InChI=1S/C8H11N/c1-7-5-8-3-2-4-9(8)6-7/h5-6H,2-4H2,1H3. The molecule has 2 rings (SSSR count). The van der Waals surface area contributed by atoms with Crippen molar-refractivity contribution in [3.8, 4) is 0 Å². The molecule has 0 fully saturated rings. The maximum absolute atomic E-state index is 2.36. The Morgan fingerprint density at radius 2 is 2.44 bits per heavy atom. The van der Waals surface area contributed by atoms with Crippen molar-refractivity contribution in [1.29, 1.82) is 0 Å². The number of hydrogen-bond acceptors (Lipinski definition) is 0. The molecule has 0 spiro atoms. The summed E-state index contributed by atoms with van der Waals surface area (Å²) in [5.74, 6) is 0. The lowest BCUT2D eigenvalue weighted by molar-refractivity contribution is 0.748. The molecule has 0 saturated carbocycles. The fourth-order valence-corrected chi connectivity index (χ4v) is 1.57. The van der Waals surface area contributed by atoms with Crippen LogP contribution in [0.25, 0.3) is 0 Å². The van der Waals surface area contributed by atoms with Crippen molar-refractivity contribution >= 4 is 0 Å². The number of aryl methyl sites for hydroxylation is 3. The SMILES string of the molecule is Cc1cc2n(c1)CCC2. The average Bonchev–Trinajstić information content (AvgIpc) is 2.22. The van der Waals surface area contributed by atoms with Gasteiger partial charge >= 0.3 is 0 Å². The van der Waals surface area contributed by atoms with Crippen LogP contribution in [0.4, 0.5) is 0 Å². The Bertz CT molecular complexity index is 201. The molecule has 0 saturated heterocycles. The van der Waals surface area contributed by atoms with E-state index < -0.39 is 0 Å². The molecule has 1 aliphatic heterocycles. The summed E-state index contributed by atoms with van der Waals surface area (Å²) in [6, 6.07) is 2.28. The van der Waals surface area contributed by atoms with Gasteiger partial charge in [0.15, 0.2) is 0 Å². The minimum Gasteiger partial charge on any atom is -0.351 e. The van der Waals surface area contributed by atoms with E-state index in [0.717, 1.165) is 0 Å². The largest absolute Gasteiger partial charge is 0.351 e. The number of aromatic nitrogens is 1. The van der Waals surface area contributed by atoms with Crippen LogP contribution in [0.3, 0.4) is 0 Å². The lowest BCUT2D eigenvalue weighted by Crippen LogP contribution is -1.86. The number of hydrogen-bond donors (Lipinski definition) is 0. The molecule has 0 aromatic carbocycles. The average molecular weight is 121 g/mol. The van der Waals surface area contributed by atoms with Gasteiger partial charge in [-0.05, 0) is 31.4 Å². The van der Waals surface area contributed by atoms with Crippen molar-refractivity contribution in [3.63, 3.8) is 0 Å². The van der Waals surface area contributed by atoms with Crippen LogP contribution in [-0.2, 0) is 13.0 Å². The molecule has 1 aromatic rings. The molecule has 48 valence electrons. The monoisotopic (exact) mass is 121 g/mol. The summed E-state index contributed by atoms with van der Waals surface area (Å²) in [6.45, 7) is 3.40. The minimum atomic E-state index is 1.24. The summed E-state index contributed by atoms with van der Waals surface area (Å²) in [6.07, 6.45) is 4.87. The highest BCUT2D eigenvalue weighted by atomic mass is 15.0. The second kappa shape index (κ2) is 1.63. The van der Waals surface area contributed by atoms with Gasteiger partial charge in [-0.15, -0.1) is 0 Å². The number of rotatable bonds is 0. The molecule has 0 atom stereocenters. The topological polar surface area (TPSA) is 4.93 Å². The maximum Gasteiger partial charge on any atom is 0.0226 e. The van der Waals surface area contributed by atoms with Crippen molar-refractivity contribution < 1.29 is 0 Å². The van der Waals surface area contributed by atoms with Gasteiger partial charge in [-0.1, -0.05) is 0 Å². The van der Waals surface area contributed by atoms with Crippen molar-refractivity contribution in [3.05, 3.63) is 23.5 Å². The highest BCUT2D eigenvalue weighted by Crippen LogP contribution is 2.16. The van der Waals surface area contributed by atoms with Crippen molar-refractivity contribution in [1.82, 2.24) is 4.57 Å². The molecular weight excluding hydrogens is 110 g/mol. The van der Waals surface area contributed by atoms with E-state index in [0.29, 0.717) is 0 Å².